The number of amides is 2. The highest BCUT2D eigenvalue weighted by Crippen LogP contribution is 2.29. The van der Waals surface area contributed by atoms with Crippen molar-refractivity contribution in [3.05, 3.63) is 30.0 Å². The number of carbonyl (C=O) groups excluding carboxylic acids is 2. The molecule has 0 aliphatic rings. The summed E-state index contributed by atoms with van der Waals surface area (Å²) in [7, 11) is 3.04. The predicted octanol–water partition coefficient (Wildman–Crippen LogP) is 1.99. The molecule has 1 N–H and O–H groups in total. The number of hydrogen-bond donors (Lipinski definition) is 1. The minimum absolute atomic E-state index is 0.185. The van der Waals surface area contributed by atoms with E-state index in [4.69, 9.17) is 14.0 Å². The van der Waals surface area contributed by atoms with Crippen molar-refractivity contribution >= 4 is 23.3 Å². The molecule has 0 spiro atoms. The smallest absolute Gasteiger partial charge is 0.244 e. The van der Waals surface area contributed by atoms with Crippen molar-refractivity contribution in [3.63, 3.8) is 0 Å². The van der Waals surface area contributed by atoms with Crippen molar-refractivity contribution in [2.45, 2.75) is 13.8 Å². The Morgan fingerprint density at radius 3 is 2.46 bits per heavy atom. The Hall–Kier alpha value is -3.03. The van der Waals surface area contributed by atoms with Crippen molar-refractivity contribution < 1.29 is 23.6 Å². The van der Waals surface area contributed by atoms with E-state index in [9.17, 15) is 9.59 Å². The Balaban J connectivity index is 2.10. The molecule has 2 amide bonds. The quantitative estimate of drug-likeness (QED) is 0.869. The molecule has 0 saturated heterocycles. The van der Waals surface area contributed by atoms with Gasteiger partial charge in [0.2, 0.25) is 11.8 Å². The first-order valence-corrected chi connectivity index (χ1v) is 7.18. The monoisotopic (exact) mass is 333 g/mol. The summed E-state index contributed by atoms with van der Waals surface area (Å²) >= 11 is 0. The Morgan fingerprint density at radius 2 is 1.92 bits per heavy atom. The highest BCUT2D eigenvalue weighted by molar-refractivity contribution is 6.01. The summed E-state index contributed by atoms with van der Waals surface area (Å²) in [5.41, 5.74) is 0.525. The molecule has 0 aliphatic carbocycles. The molecular weight excluding hydrogens is 314 g/mol. The number of anilines is 2. The average molecular weight is 333 g/mol. The van der Waals surface area contributed by atoms with Crippen LogP contribution >= 0.6 is 0 Å². The van der Waals surface area contributed by atoms with Crippen molar-refractivity contribution in [1.29, 1.82) is 0 Å². The lowest BCUT2D eigenvalue weighted by Crippen LogP contribution is -2.36. The van der Waals surface area contributed by atoms with E-state index in [2.05, 4.69) is 10.5 Å². The van der Waals surface area contributed by atoms with Crippen LogP contribution < -0.4 is 19.7 Å². The van der Waals surface area contributed by atoms with Crippen LogP contribution in [0.5, 0.6) is 11.5 Å². The van der Waals surface area contributed by atoms with E-state index >= 15 is 0 Å². The number of ether oxygens (including phenoxy) is 2. The van der Waals surface area contributed by atoms with Crippen molar-refractivity contribution in [2.24, 2.45) is 0 Å². The lowest BCUT2D eigenvalue weighted by Gasteiger charge is -2.17. The van der Waals surface area contributed by atoms with Gasteiger partial charge in [-0.15, -0.1) is 0 Å². The molecule has 24 heavy (non-hydrogen) atoms. The molecule has 0 saturated carbocycles. The van der Waals surface area contributed by atoms with Gasteiger partial charge >= 0.3 is 0 Å². The number of benzene rings is 1. The molecule has 1 aromatic carbocycles. The molecule has 8 heteroatoms. The Labute approximate surface area is 139 Å². The van der Waals surface area contributed by atoms with Crippen LogP contribution in [0.4, 0.5) is 11.5 Å². The summed E-state index contributed by atoms with van der Waals surface area (Å²) in [5.74, 6) is 1.20. The van der Waals surface area contributed by atoms with Gasteiger partial charge in [-0.3, -0.25) is 14.5 Å². The highest BCUT2D eigenvalue weighted by atomic mass is 16.5. The molecule has 0 aliphatic heterocycles. The molecule has 0 radical (unpaired) electrons. The van der Waals surface area contributed by atoms with Crippen molar-refractivity contribution in [3.8, 4) is 11.5 Å². The van der Waals surface area contributed by atoms with E-state index in [0.29, 0.717) is 28.8 Å². The maximum absolute atomic E-state index is 12.2. The summed E-state index contributed by atoms with van der Waals surface area (Å²) in [5, 5.41) is 6.46. The number of aromatic nitrogens is 1. The maximum atomic E-state index is 12.2. The Kier molecular flexibility index (Phi) is 5.41. The van der Waals surface area contributed by atoms with Gasteiger partial charge in [0.05, 0.1) is 14.2 Å². The third kappa shape index (κ3) is 4.03. The number of hydrogen-bond acceptors (Lipinski definition) is 6. The number of rotatable bonds is 6. The van der Waals surface area contributed by atoms with Gasteiger partial charge in [-0.2, -0.15) is 0 Å². The minimum atomic E-state index is -0.377. The van der Waals surface area contributed by atoms with Gasteiger partial charge in [-0.25, -0.2) is 0 Å². The molecule has 0 bridgehead atoms. The topological polar surface area (TPSA) is 93.9 Å². The lowest BCUT2D eigenvalue weighted by molar-refractivity contribution is -0.120. The lowest BCUT2D eigenvalue weighted by atomic mass is 10.2. The molecule has 1 heterocycles. The van der Waals surface area contributed by atoms with Gasteiger partial charge in [0.25, 0.3) is 0 Å². The van der Waals surface area contributed by atoms with Crippen LogP contribution in [-0.2, 0) is 9.59 Å². The van der Waals surface area contributed by atoms with E-state index in [1.165, 1.54) is 26.0 Å². The number of nitrogens with one attached hydrogen (secondary N) is 1. The van der Waals surface area contributed by atoms with Gasteiger partial charge in [-0.1, -0.05) is 5.16 Å². The molecule has 128 valence electrons. The first kappa shape index (κ1) is 17.3. The standard InChI is InChI=1S/C16H19N3O5/c1-10-7-15(18-24-10)19(11(2)20)9-16(21)17-12-5-6-13(22-3)14(8-12)23-4/h5-8H,9H2,1-4H3,(H,17,21). The predicted molar refractivity (Wildman–Crippen MR) is 87.4 cm³/mol. The van der Waals surface area contributed by atoms with Gasteiger partial charge in [0, 0.05) is 24.7 Å². The van der Waals surface area contributed by atoms with Gasteiger partial charge < -0.3 is 19.3 Å². The zero-order valence-corrected chi connectivity index (χ0v) is 14.0. The highest BCUT2D eigenvalue weighted by Gasteiger charge is 2.19. The third-order valence-corrected chi connectivity index (χ3v) is 3.24. The first-order valence-electron chi connectivity index (χ1n) is 7.18. The molecule has 2 rings (SSSR count). The largest absolute Gasteiger partial charge is 0.493 e. The average Bonchev–Trinajstić information content (AvgIpc) is 2.98. The molecule has 8 nitrogen and oxygen atoms in total. The molecule has 0 fully saturated rings. The molecule has 1 aromatic heterocycles. The fraction of sp³-hybridized carbons (Fsp3) is 0.312. The number of nitrogens with zero attached hydrogens (tertiary/aromatic N) is 2. The second kappa shape index (κ2) is 7.49. The van der Waals surface area contributed by atoms with Crippen LogP contribution in [0.25, 0.3) is 0 Å². The number of methoxy groups -OCH3 is 2. The normalized spacial score (nSPS) is 10.2. The maximum Gasteiger partial charge on any atom is 0.244 e. The van der Waals surface area contributed by atoms with Gasteiger partial charge in [0.15, 0.2) is 17.3 Å². The van der Waals surface area contributed by atoms with Crippen LogP contribution in [0, 0.1) is 6.92 Å². The molecule has 2 aromatic rings. The van der Waals surface area contributed by atoms with E-state index in [1.807, 2.05) is 0 Å². The van der Waals surface area contributed by atoms with Crippen LogP contribution in [-0.4, -0.2) is 37.7 Å². The second-order valence-corrected chi connectivity index (χ2v) is 5.02. The van der Waals surface area contributed by atoms with Crippen molar-refractivity contribution in [2.75, 3.05) is 31.0 Å². The summed E-state index contributed by atoms with van der Waals surface area (Å²) in [6, 6.07) is 6.58. The molecule has 0 unspecified atom stereocenters. The SMILES string of the molecule is COc1ccc(NC(=O)CN(C(C)=O)c2cc(C)on2)cc1OC. The number of aryl methyl sites for hydroxylation is 1. The fourth-order valence-electron chi connectivity index (χ4n) is 2.09. The van der Waals surface area contributed by atoms with Gasteiger partial charge in [0.1, 0.15) is 12.3 Å². The summed E-state index contributed by atoms with van der Waals surface area (Å²) < 4.78 is 15.3. The van der Waals surface area contributed by atoms with E-state index in [0.717, 1.165) is 0 Å². The zero-order valence-electron chi connectivity index (χ0n) is 14.0. The van der Waals surface area contributed by atoms with Crippen LogP contribution in [0.2, 0.25) is 0 Å². The van der Waals surface area contributed by atoms with E-state index in [-0.39, 0.29) is 18.4 Å². The van der Waals surface area contributed by atoms with E-state index in [1.54, 1.807) is 31.2 Å². The summed E-state index contributed by atoms with van der Waals surface area (Å²) in [4.78, 5) is 25.2. The minimum Gasteiger partial charge on any atom is -0.493 e. The second-order valence-electron chi connectivity index (χ2n) is 5.02. The van der Waals surface area contributed by atoms with Gasteiger partial charge in [-0.05, 0) is 19.1 Å². The first-order chi connectivity index (χ1) is 11.4. The summed E-state index contributed by atoms with van der Waals surface area (Å²) in [6.07, 6.45) is 0. The van der Waals surface area contributed by atoms with Crippen LogP contribution in [0.15, 0.2) is 28.8 Å². The van der Waals surface area contributed by atoms with Crippen LogP contribution in [0.1, 0.15) is 12.7 Å². The summed E-state index contributed by atoms with van der Waals surface area (Å²) in [6.45, 7) is 2.88. The molecular formula is C16H19N3O5. The third-order valence-electron chi connectivity index (χ3n) is 3.24. The van der Waals surface area contributed by atoms with Crippen molar-refractivity contribution in [1.82, 2.24) is 5.16 Å². The Bertz CT molecular complexity index is 741. The fourth-order valence-corrected chi connectivity index (χ4v) is 2.09. The number of carbonyl (C=O) groups is 2. The van der Waals surface area contributed by atoms with Crippen LogP contribution in [0.3, 0.4) is 0 Å². The zero-order chi connectivity index (χ0) is 17.7. The molecule has 0 atom stereocenters. The van der Waals surface area contributed by atoms with E-state index < -0.39 is 0 Å². The Morgan fingerprint density at radius 1 is 1.21 bits per heavy atom.